The second kappa shape index (κ2) is 5.60. The zero-order valence-corrected chi connectivity index (χ0v) is 11.4. The van der Waals surface area contributed by atoms with Crippen LogP contribution in [0, 0.1) is 0 Å². The number of nitrogens with one attached hydrogen (secondary N) is 1. The summed E-state index contributed by atoms with van der Waals surface area (Å²) in [7, 11) is 1.75. The number of ether oxygens (including phenoxy) is 1. The molecule has 0 atom stereocenters. The molecular formula is C13H18N2O4. The minimum Gasteiger partial charge on any atom is -0.478 e. The van der Waals surface area contributed by atoms with Gasteiger partial charge in [0.2, 0.25) is 0 Å². The van der Waals surface area contributed by atoms with E-state index in [9.17, 15) is 9.59 Å². The van der Waals surface area contributed by atoms with Gasteiger partial charge in [0.1, 0.15) is 5.60 Å². The minimum atomic E-state index is -1.03. The van der Waals surface area contributed by atoms with Crippen LogP contribution < -0.4 is 5.32 Å². The molecule has 0 aromatic carbocycles. The third-order valence-corrected chi connectivity index (χ3v) is 2.09. The highest BCUT2D eigenvalue weighted by Gasteiger charge is 2.16. The van der Waals surface area contributed by atoms with E-state index in [0.717, 1.165) is 6.08 Å². The van der Waals surface area contributed by atoms with Gasteiger partial charge in [0.15, 0.2) is 0 Å². The molecule has 0 bridgehead atoms. The van der Waals surface area contributed by atoms with Crippen LogP contribution in [0.25, 0.3) is 6.08 Å². The molecule has 19 heavy (non-hydrogen) atoms. The summed E-state index contributed by atoms with van der Waals surface area (Å²) in [4.78, 5) is 22.0. The van der Waals surface area contributed by atoms with Crippen molar-refractivity contribution in [2.75, 3.05) is 5.32 Å². The fourth-order valence-electron chi connectivity index (χ4n) is 1.39. The van der Waals surface area contributed by atoms with E-state index in [-0.39, 0.29) is 0 Å². The van der Waals surface area contributed by atoms with Crippen molar-refractivity contribution in [3.63, 3.8) is 0 Å². The van der Waals surface area contributed by atoms with Crippen molar-refractivity contribution in [3.8, 4) is 0 Å². The second-order valence-corrected chi connectivity index (χ2v) is 5.06. The highest BCUT2D eigenvalue weighted by atomic mass is 16.6. The SMILES string of the molecule is Cn1cc(NC(=O)OC(C)(C)C)cc1/C=C/C(=O)O. The lowest BCUT2D eigenvalue weighted by Crippen LogP contribution is -2.27. The number of carboxylic acids is 1. The number of aryl methyl sites for hydroxylation is 1. The topological polar surface area (TPSA) is 80.6 Å². The number of anilines is 1. The molecular weight excluding hydrogens is 248 g/mol. The first-order valence-corrected chi connectivity index (χ1v) is 5.75. The summed E-state index contributed by atoms with van der Waals surface area (Å²) in [5, 5.41) is 11.1. The Morgan fingerprint density at radius 3 is 2.58 bits per heavy atom. The fraction of sp³-hybridized carbons (Fsp3) is 0.385. The first-order chi connectivity index (χ1) is 8.67. The molecule has 0 aliphatic heterocycles. The normalized spacial score (nSPS) is 11.6. The summed E-state index contributed by atoms with van der Waals surface area (Å²) in [5.41, 5.74) is 0.639. The van der Waals surface area contributed by atoms with Gasteiger partial charge in [-0.2, -0.15) is 0 Å². The van der Waals surface area contributed by atoms with Crippen LogP contribution in [0.3, 0.4) is 0 Å². The minimum absolute atomic E-state index is 0.543. The average Bonchev–Trinajstić information content (AvgIpc) is 2.52. The molecule has 2 N–H and O–H groups in total. The Hall–Kier alpha value is -2.24. The third kappa shape index (κ3) is 5.29. The molecule has 1 aromatic heterocycles. The second-order valence-electron chi connectivity index (χ2n) is 5.06. The van der Waals surface area contributed by atoms with Crippen molar-refractivity contribution >= 4 is 23.8 Å². The Balaban J connectivity index is 2.74. The first kappa shape index (κ1) is 14.8. The Kier molecular flexibility index (Phi) is 4.37. The number of carboxylic acid groups (broad SMARTS) is 1. The van der Waals surface area contributed by atoms with E-state index in [2.05, 4.69) is 5.32 Å². The summed E-state index contributed by atoms with van der Waals surface area (Å²) >= 11 is 0. The van der Waals surface area contributed by atoms with Gasteiger partial charge in [-0.15, -0.1) is 0 Å². The van der Waals surface area contributed by atoms with Crippen LogP contribution in [0.1, 0.15) is 26.5 Å². The van der Waals surface area contributed by atoms with Crippen molar-refractivity contribution in [2.45, 2.75) is 26.4 Å². The predicted molar refractivity (Wildman–Crippen MR) is 71.9 cm³/mol. The number of hydrogen-bond donors (Lipinski definition) is 2. The maximum atomic E-state index is 11.6. The van der Waals surface area contributed by atoms with Crippen LogP contribution >= 0.6 is 0 Å². The van der Waals surface area contributed by atoms with E-state index < -0.39 is 17.7 Å². The van der Waals surface area contributed by atoms with Crippen molar-refractivity contribution < 1.29 is 19.4 Å². The van der Waals surface area contributed by atoms with Crippen LogP contribution in [-0.2, 0) is 16.6 Å². The molecule has 0 saturated heterocycles. The van der Waals surface area contributed by atoms with Gasteiger partial charge in [-0.25, -0.2) is 9.59 Å². The van der Waals surface area contributed by atoms with Crippen molar-refractivity contribution in [3.05, 3.63) is 24.0 Å². The zero-order chi connectivity index (χ0) is 14.6. The molecule has 0 spiro atoms. The van der Waals surface area contributed by atoms with E-state index in [1.54, 1.807) is 44.6 Å². The Morgan fingerprint density at radius 1 is 1.42 bits per heavy atom. The number of carbonyl (C=O) groups excluding carboxylic acids is 1. The predicted octanol–water partition coefficient (Wildman–Crippen LogP) is 2.47. The molecule has 0 saturated carbocycles. The number of aromatic nitrogens is 1. The maximum absolute atomic E-state index is 11.6. The third-order valence-electron chi connectivity index (χ3n) is 2.09. The molecule has 6 nitrogen and oxygen atoms in total. The first-order valence-electron chi connectivity index (χ1n) is 5.75. The number of aliphatic carboxylic acids is 1. The lowest BCUT2D eigenvalue weighted by molar-refractivity contribution is -0.131. The van der Waals surface area contributed by atoms with Crippen LogP contribution in [0.2, 0.25) is 0 Å². The van der Waals surface area contributed by atoms with Gasteiger partial charge in [-0.05, 0) is 32.9 Å². The summed E-state index contributed by atoms with van der Waals surface area (Å²) in [6.07, 6.45) is 3.60. The monoisotopic (exact) mass is 266 g/mol. The van der Waals surface area contributed by atoms with Gasteiger partial charge in [0, 0.05) is 25.0 Å². The zero-order valence-electron chi connectivity index (χ0n) is 11.4. The highest BCUT2D eigenvalue weighted by Crippen LogP contribution is 2.16. The summed E-state index contributed by atoms with van der Waals surface area (Å²) in [6.45, 7) is 5.33. The number of rotatable bonds is 3. The average molecular weight is 266 g/mol. The lowest BCUT2D eigenvalue weighted by atomic mass is 10.2. The van der Waals surface area contributed by atoms with Crippen LogP contribution in [-0.4, -0.2) is 27.3 Å². The number of amides is 1. The quantitative estimate of drug-likeness (QED) is 0.823. The Bertz CT molecular complexity index is 509. The van der Waals surface area contributed by atoms with E-state index in [4.69, 9.17) is 9.84 Å². The molecule has 0 aliphatic rings. The fourth-order valence-corrected chi connectivity index (χ4v) is 1.39. The van der Waals surface area contributed by atoms with Gasteiger partial charge in [0.05, 0.1) is 5.69 Å². The van der Waals surface area contributed by atoms with Gasteiger partial charge < -0.3 is 14.4 Å². The van der Waals surface area contributed by atoms with Gasteiger partial charge in [-0.1, -0.05) is 0 Å². The van der Waals surface area contributed by atoms with E-state index >= 15 is 0 Å². The number of carbonyl (C=O) groups is 2. The molecule has 1 heterocycles. The van der Waals surface area contributed by atoms with Gasteiger partial charge >= 0.3 is 12.1 Å². The summed E-state index contributed by atoms with van der Waals surface area (Å²) < 4.78 is 6.82. The molecule has 1 aromatic rings. The lowest BCUT2D eigenvalue weighted by Gasteiger charge is -2.19. The van der Waals surface area contributed by atoms with Crippen LogP contribution in [0.5, 0.6) is 0 Å². The highest BCUT2D eigenvalue weighted by molar-refractivity contribution is 5.87. The van der Waals surface area contributed by atoms with E-state index in [1.165, 1.54) is 6.08 Å². The molecule has 0 fully saturated rings. The molecule has 1 amide bonds. The Morgan fingerprint density at radius 2 is 2.05 bits per heavy atom. The van der Waals surface area contributed by atoms with Crippen molar-refractivity contribution in [2.24, 2.45) is 7.05 Å². The molecule has 0 radical (unpaired) electrons. The van der Waals surface area contributed by atoms with Crippen molar-refractivity contribution in [1.29, 1.82) is 0 Å². The molecule has 6 heteroatoms. The summed E-state index contributed by atoms with van der Waals surface area (Å²) in [6, 6.07) is 1.66. The van der Waals surface area contributed by atoms with Crippen LogP contribution in [0.15, 0.2) is 18.3 Å². The van der Waals surface area contributed by atoms with Crippen molar-refractivity contribution in [1.82, 2.24) is 4.57 Å². The molecule has 0 aliphatic carbocycles. The molecule has 0 unspecified atom stereocenters. The van der Waals surface area contributed by atoms with E-state index in [0.29, 0.717) is 11.4 Å². The van der Waals surface area contributed by atoms with E-state index in [1.807, 2.05) is 0 Å². The number of hydrogen-bond acceptors (Lipinski definition) is 3. The molecule has 104 valence electrons. The standard InChI is InChI=1S/C13H18N2O4/c1-13(2,3)19-12(18)14-9-7-10(15(4)8-9)5-6-11(16)17/h5-8H,1-4H3,(H,14,18)(H,16,17)/b6-5+. The van der Waals surface area contributed by atoms with Gasteiger partial charge in [0.25, 0.3) is 0 Å². The largest absolute Gasteiger partial charge is 0.478 e. The Labute approximate surface area is 111 Å². The number of nitrogens with zero attached hydrogens (tertiary/aromatic N) is 1. The van der Waals surface area contributed by atoms with Gasteiger partial charge in [-0.3, -0.25) is 5.32 Å². The van der Waals surface area contributed by atoms with Crippen LogP contribution in [0.4, 0.5) is 10.5 Å². The summed E-state index contributed by atoms with van der Waals surface area (Å²) in [5.74, 6) is -1.03. The maximum Gasteiger partial charge on any atom is 0.412 e. The smallest absolute Gasteiger partial charge is 0.412 e. The molecule has 1 rings (SSSR count).